The van der Waals surface area contributed by atoms with E-state index in [0.29, 0.717) is 25.8 Å². The highest BCUT2D eigenvalue weighted by atomic mass is 16.5. The minimum Gasteiger partial charge on any atom is -0.464 e. The number of carbonyl (C=O) groups is 3. The lowest BCUT2D eigenvalue weighted by Crippen LogP contribution is -2.42. The van der Waals surface area contributed by atoms with Gasteiger partial charge in [-0.3, -0.25) is 9.59 Å². The van der Waals surface area contributed by atoms with Gasteiger partial charge in [-0.1, -0.05) is 50.1 Å². The molecule has 27 heavy (non-hydrogen) atoms. The summed E-state index contributed by atoms with van der Waals surface area (Å²) < 4.78 is 5.05. The average molecular weight is 376 g/mol. The van der Waals surface area contributed by atoms with Gasteiger partial charge >= 0.3 is 5.97 Å². The van der Waals surface area contributed by atoms with E-state index >= 15 is 0 Å². The molecular weight excluding hydrogens is 344 g/mol. The van der Waals surface area contributed by atoms with Crippen molar-refractivity contribution >= 4 is 17.8 Å². The lowest BCUT2D eigenvalue weighted by Gasteiger charge is -2.17. The van der Waals surface area contributed by atoms with Gasteiger partial charge in [-0.05, 0) is 31.7 Å². The van der Waals surface area contributed by atoms with Crippen molar-refractivity contribution < 1.29 is 19.1 Å². The van der Waals surface area contributed by atoms with Crippen molar-refractivity contribution in [1.82, 2.24) is 10.6 Å². The summed E-state index contributed by atoms with van der Waals surface area (Å²) in [6.07, 6.45) is 4.60. The van der Waals surface area contributed by atoms with E-state index in [4.69, 9.17) is 4.74 Å². The van der Waals surface area contributed by atoms with Crippen LogP contribution >= 0.6 is 0 Å². The van der Waals surface area contributed by atoms with Crippen LogP contribution in [0.3, 0.4) is 0 Å². The summed E-state index contributed by atoms with van der Waals surface area (Å²) in [6.45, 7) is 4.78. The Morgan fingerprint density at radius 2 is 1.74 bits per heavy atom. The Morgan fingerprint density at radius 1 is 1.00 bits per heavy atom. The number of esters is 1. The van der Waals surface area contributed by atoms with Crippen molar-refractivity contribution in [3.63, 3.8) is 0 Å². The first kappa shape index (κ1) is 22.7. The summed E-state index contributed by atoms with van der Waals surface area (Å²) in [7, 11) is 0. The molecule has 0 saturated heterocycles. The fourth-order valence-electron chi connectivity index (χ4n) is 2.68. The average Bonchev–Trinajstić information content (AvgIpc) is 2.65. The second-order valence-corrected chi connectivity index (χ2v) is 6.48. The number of benzene rings is 1. The molecule has 0 aliphatic heterocycles. The molecule has 1 aromatic carbocycles. The van der Waals surface area contributed by atoms with Gasteiger partial charge in [-0.2, -0.15) is 0 Å². The van der Waals surface area contributed by atoms with Crippen LogP contribution in [0.4, 0.5) is 0 Å². The van der Waals surface area contributed by atoms with E-state index in [-0.39, 0.29) is 24.8 Å². The quantitative estimate of drug-likeness (QED) is 0.409. The molecule has 0 spiro atoms. The number of amides is 2. The normalized spacial score (nSPS) is 11.5. The van der Waals surface area contributed by atoms with Crippen LogP contribution in [0.5, 0.6) is 0 Å². The Kier molecular flexibility index (Phi) is 11.6. The third kappa shape index (κ3) is 10.4. The summed E-state index contributed by atoms with van der Waals surface area (Å²) >= 11 is 0. The Balaban J connectivity index is 2.43. The van der Waals surface area contributed by atoms with Gasteiger partial charge in [0.1, 0.15) is 6.04 Å². The molecule has 0 fully saturated rings. The molecule has 0 radical (unpaired) electrons. The molecule has 1 rings (SSSR count). The molecule has 150 valence electrons. The second-order valence-electron chi connectivity index (χ2n) is 6.48. The topological polar surface area (TPSA) is 84.5 Å². The van der Waals surface area contributed by atoms with Gasteiger partial charge < -0.3 is 15.4 Å². The lowest BCUT2D eigenvalue weighted by atomic mass is 10.1. The van der Waals surface area contributed by atoms with Crippen molar-refractivity contribution in [2.45, 2.75) is 64.8 Å². The van der Waals surface area contributed by atoms with Gasteiger partial charge in [0.15, 0.2) is 0 Å². The Labute approximate surface area is 162 Å². The monoisotopic (exact) mass is 376 g/mol. The van der Waals surface area contributed by atoms with E-state index in [0.717, 1.165) is 24.8 Å². The molecule has 0 heterocycles. The third-order valence-electron chi connectivity index (χ3n) is 4.11. The Bertz CT molecular complexity index is 575. The standard InChI is InChI=1S/C21H32N2O4/c1-3-5-9-15-22-19(24)14-10-13-18(21(26)27-4-2)23-20(25)16-17-11-7-6-8-12-17/h6-8,11-12,18H,3-5,9-10,13-16H2,1-2H3,(H,22,24)(H,23,25)/t18-/m0/s1. The predicted molar refractivity (Wildman–Crippen MR) is 105 cm³/mol. The molecule has 0 saturated carbocycles. The van der Waals surface area contributed by atoms with E-state index in [1.165, 1.54) is 0 Å². The minimum atomic E-state index is -0.728. The first-order valence-electron chi connectivity index (χ1n) is 9.83. The van der Waals surface area contributed by atoms with Gasteiger partial charge in [0.2, 0.25) is 11.8 Å². The van der Waals surface area contributed by atoms with Crippen molar-refractivity contribution in [2.75, 3.05) is 13.2 Å². The zero-order chi connectivity index (χ0) is 19.9. The highest BCUT2D eigenvalue weighted by Crippen LogP contribution is 2.06. The lowest BCUT2D eigenvalue weighted by molar-refractivity contribution is -0.147. The number of nitrogens with one attached hydrogen (secondary N) is 2. The highest BCUT2D eigenvalue weighted by Gasteiger charge is 2.22. The maximum absolute atomic E-state index is 12.2. The van der Waals surface area contributed by atoms with E-state index < -0.39 is 12.0 Å². The maximum Gasteiger partial charge on any atom is 0.328 e. The van der Waals surface area contributed by atoms with Crippen LogP contribution in [0, 0.1) is 0 Å². The largest absolute Gasteiger partial charge is 0.464 e. The number of unbranched alkanes of at least 4 members (excludes halogenated alkanes) is 2. The van der Waals surface area contributed by atoms with Crippen molar-refractivity contribution in [1.29, 1.82) is 0 Å². The molecule has 1 atom stereocenters. The summed E-state index contributed by atoms with van der Waals surface area (Å²) in [5.74, 6) is -0.713. The van der Waals surface area contributed by atoms with Crippen molar-refractivity contribution in [2.24, 2.45) is 0 Å². The van der Waals surface area contributed by atoms with E-state index in [9.17, 15) is 14.4 Å². The molecule has 0 unspecified atom stereocenters. The number of carbonyl (C=O) groups excluding carboxylic acids is 3. The first-order chi connectivity index (χ1) is 13.1. The summed E-state index contributed by atoms with van der Waals surface area (Å²) in [4.78, 5) is 36.2. The molecular formula is C21H32N2O4. The molecule has 0 bridgehead atoms. The van der Waals surface area contributed by atoms with Gasteiger partial charge in [0.05, 0.1) is 13.0 Å². The van der Waals surface area contributed by atoms with Crippen LogP contribution in [0.1, 0.15) is 57.9 Å². The van der Waals surface area contributed by atoms with Gasteiger partial charge in [0, 0.05) is 13.0 Å². The van der Waals surface area contributed by atoms with Crippen LogP contribution in [0.15, 0.2) is 30.3 Å². The van der Waals surface area contributed by atoms with Gasteiger partial charge in [-0.15, -0.1) is 0 Å². The predicted octanol–water partition coefficient (Wildman–Crippen LogP) is 2.75. The van der Waals surface area contributed by atoms with E-state index in [1.54, 1.807) is 6.92 Å². The Hall–Kier alpha value is -2.37. The Morgan fingerprint density at radius 3 is 2.41 bits per heavy atom. The van der Waals surface area contributed by atoms with Crippen LogP contribution in [0.25, 0.3) is 0 Å². The molecule has 6 nitrogen and oxygen atoms in total. The number of rotatable bonds is 13. The van der Waals surface area contributed by atoms with Crippen LogP contribution in [-0.4, -0.2) is 37.0 Å². The highest BCUT2D eigenvalue weighted by molar-refractivity contribution is 5.85. The van der Waals surface area contributed by atoms with Gasteiger partial charge in [0.25, 0.3) is 0 Å². The molecule has 0 aliphatic rings. The summed E-state index contributed by atoms with van der Waals surface area (Å²) in [6, 6.07) is 8.61. The molecule has 1 aromatic rings. The van der Waals surface area contributed by atoms with Crippen molar-refractivity contribution in [3.8, 4) is 0 Å². The zero-order valence-corrected chi connectivity index (χ0v) is 16.5. The molecule has 0 aliphatic carbocycles. The number of ether oxygens (including phenoxy) is 1. The van der Waals surface area contributed by atoms with Crippen molar-refractivity contribution in [3.05, 3.63) is 35.9 Å². The summed E-state index contributed by atoms with van der Waals surface area (Å²) in [5.41, 5.74) is 0.879. The van der Waals surface area contributed by atoms with Crippen LogP contribution < -0.4 is 10.6 Å². The smallest absolute Gasteiger partial charge is 0.328 e. The minimum absolute atomic E-state index is 0.0238. The molecule has 6 heteroatoms. The third-order valence-corrected chi connectivity index (χ3v) is 4.11. The SMILES string of the molecule is CCCCCNC(=O)CCC[C@H](NC(=O)Cc1ccccc1)C(=O)OCC. The molecule has 2 N–H and O–H groups in total. The number of hydrogen-bond donors (Lipinski definition) is 2. The number of hydrogen-bond acceptors (Lipinski definition) is 4. The zero-order valence-electron chi connectivity index (χ0n) is 16.5. The second kappa shape index (κ2) is 13.8. The summed E-state index contributed by atoms with van der Waals surface area (Å²) in [5, 5.41) is 5.62. The fourth-order valence-corrected chi connectivity index (χ4v) is 2.68. The molecule has 0 aromatic heterocycles. The van der Waals surface area contributed by atoms with Gasteiger partial charge in [-0.25, -0.2) is 4.79 Å². The van der Waals surface area contributed by atoms with Crippen LogP contribution in [0.2, 0.25) is 0 Å². The van der Waals surface area contributed by atoms with E-state index in [1.807, 2.05) is 30.3 Å². The van der Waals surface area contributed by atoms with E-state index in [2.05, 4.69) is 17.6 Å². The van der Waals surface area contributed by atoms with Crippen LogP contribution in [-0.2, 0) is 25.5 Å². The first-order valence-corrected chi connectivity index (χ1v) is 9.83. The fraction of sp³-hybridized carbons (Fsp3) is 0.571. The maximum atomic E-state index is 12.2. The molecule has 2 amide bonds.